The van der Waals surface area contributed by atoms with Crippen molar-refractivity contribution in [3.05, 3.63) is 154 Å². The van der Waals surface area contributed by atoms with E-state index in [1.54, 1.807) is 101 Å². The van der Waals surface area contributed by atoms with Crippen molar-refractivity contribution in [2.24, 2.45) is 4.99 Å². The first-order valence-corrected chi connectivity index (χ1v) is 29.9. The second kappa shape index (κ2) is 24.6. The third kappa shape index (κ3) is 12.7. The highest BCUT2D eigenvalue weighted by atomic mass is 35.5. The topological polar surface area (TPSA) is 211 Å². The van der Waals surface area contributed by atoms with E-state index >= 15 is 0 Å². The van der Waals surface area contributed by atoms with E-state index in [1.165, 1.54) is 29.3 Å². The highest BCUT2D eigenvalue weighted by Gasteiger charge is 2.40. The summed E-state index contributed by atoms with van der Waals surface area (Å²) in [6.07, 6.45) is 3.07. The van der Waals surface area contributed by atoms with Gasteiger partial charge in [-0.15, -0.1) is 0 Å². The third-order valence-corrected chi connectivity index (χ3v) is 19.2. The minimum absolute atomic E-state index is 0.00517. The zero-order chi connectivity index (χ0) is 56.9. The van der Waals surface area contributed by atoms with Crippen LogP contribution in [0.15, 0.2) is 136 Å². The lowest BCUT2D eigenvalue weighted by Crippen LogP contribution is -2.57. The van der Waals surface area contributed by atoms with Gasteiger partial charge in [-0.25, -0.2) is 16.8 Å². The molecule has 80 heavy (non-hydrogen) atoms. The van der Waals surface area contributed by atoms with Crippen LogP contribution in [-0.2, 0) is 39.1 Å². The van der Waals surface area contributed by atoms with Gasteiger partial charge in [-0.2, -0.15) is 8.61 Å². The molecule has 2 unspecified atom stereocenters. The van der Waals surface area contributed by atoms with Crippen LogP contribution >= 0.6 is 11.6 Å². The molecule has 4 heterocycles. The Kier molecular flexibility index (Phi) is 17.7. The van der Waals surface area contributed by atoms with Crippen molar-refractivity contribution < 1.29 is 45.5 Å². The number of benzene rings is 6. The lowest BCUT2D eigenvalue weighted by atomic mass is 10.0. The van der Waals surface area contributed by atoms with Crippen LogP contribution in [0.3, 0.4) is 0 Å². The number of fused-ring (bicyclic) bond motifs is 2. The number of hydrogen-bond donors (Lipinski definition) is 1. The molecule has 0 radical (unpaired) electrons. The normalized spacial score (nSPS) is 18.3. The number of nitrogens with zero attached hydrogens (tertiary/aromatic N) is 7. The van der Waals surface area contributed by atoms with Crippen LogP contribution in [0.2, 0.25) is 5.02 Å². The number of carbonyl (C=O) groups is 4. The molecule has 6 aromatic rings. The zero-order valence-corrected chi connectivity index (χ0v) is 47.6. The number of methoxy groups -OCH3 is 2. The summed E-state index contributed by atoms with van der Waals surface area (Å²) in [5.41, 5.74) is 3.65. The summed E-state index contributed by atoms with van der Waals surface area (Å²) in [4.78, 5) is 63.8. The molecule has 2 amide bonds. The number of amidine groups is 2. The number of aliphatic imine (C=N–C) groups is 1. The molecule has 0 bridgehead atoms. The first kappa shape index (κ1) is 57.5. The van der Waals surface area contributed by atoms with Crippen molar-refractivity contribution in [1.29, 1.82) is 5.41 Å². The van der Waals surface area contributed by atoms with Crippen LogP contribution in [0, 0.1) is 12.3 Å². The number of sulfonamides is 2. The summed E-state index contributed by atoms with van der Waals surface area (Å²) < 4.78 is 66.9. The number of likely N-dealkylation sites (tertiary alicyclic amines) is 1. The number of hydrogen-bond acceptors (Lipinski definition) is 13. The number of amides is 2. The average molecular weight is 1150 g/mol. The molecule has 6 aromatic carbocycles. The molecule has 1 N–H and O–H groups in total. The minimum atomic E-state index is -3.90. The number of aryl methyl sites for hydroxylation is 1. The fraction of sp³-hybridized carbons (Fsp3) is 0.356. The summed E-state index contributed by atoms with van der Waals surface area (Å²) in [5, 5.41) is 12.5. The maximum absolute atomic E-state index is 13.6. The van der Waals surface area contributed by atoms with Gasteiger partial charge in [0, 0.05) is 93.2 Å². The molecule has 0 spiro atoms. The summed E-state index contributed by atoms with van der Waals surface area (Å²) in [6, 6.07) is 33.9. The van der Waals surface area contributed by atoms with Crippen molar-refractivity contribution in [3.63, 3.8) is 0 Å². The molecule has 18 nitrogen and oxygen atoms in total. The highest BCUT2D eigenvalue weighted by Crippen LogP contribution is 2.30. The Morgan fingerprint density at radius 3 is 1.54 bits per heavy atom. The lowest BCUT2D eigenvalue weighted by Gasteiger charge is -2.40. The number of ether oxygens (including phenoxy) is 2. The van der Waals surface area contributed by atoms with Crippen molar-refractivity contribution in [3.8, 4) is 0 Å². The smallest absolute Gasteiger partial charge is 0.307 e. The highest BCUT2D eigenvalue weighted by molar-refractivity contribution is 7.89. The first-order valence-electron chi connectivity index (χ1n) is 26.6. The number of carbonyl (C=O) groups excluding carboxylic acids is 4. The predicted molar refractivity (Wildman–Crippen MR) is 307 cm³/mol. The fourth-order valence-electron chi connectivity index (χ4n) is 10.7. The van der Waals surface area contributed by atoms with Gasteiger partial charge in [0.15, 0.2) is 0 Å². The predicted octanol–water partition coefficient (Wildman–Crippen LogP) is 7.30. The number of nitrogens with one attached hydrogen (secondary N) is 1. The Morgan fingerprint density at radius 1 is 0.575 bits per heavy atom. The Labute approximate surface area is 472 Å². The van der Waals surface area contributed by atoms with Crippen molar-refractivity contribution >= 4 is 88.6 Å². The molecule has 3 saturated heterocycles. The van der Waals surface area contributed by atoms with E-state index in [0.717, 1.165) is 83.1 Å². The Bertz CT molecular complexity index is 3600. The Balaban J connectivity index is 0.000000194. The van der Waals surface area contributed by atoms with Gasteiger partial charge in [-0.1, -0.05) is 77.8 Å². The van der Waals surface area contributed by atoms with Crippen molar-refractivity contribution in [1.82, 2.24) is 28.2 Å². The number of piperidine rings is 1. The molecule has 2 atom stereocenters. The number of rotatable bonds is 12. The number of likely N-dealkylation sites (N-methyl/N-ethyl adjacent to an activating group) is 1. The number of halogens is 1. The molecular weight excluding hydrogens is 1080 g/mol. The van der Waals surface area contributed by atoms with E-state index in [1.807, 2.05) is 44.3 Å². The quantitative estimate of drug-likeness (QED) is 0.0727. The summed E-state index contributed by atoms with van der Waals surface area (Å²) in [6.45, 7) is 5.74. The maximum Gasteiger partial charge on any atom is 0.307 e. The second-order valence-corrected chi connectivity index (χ2v) is 24.7. The monoisotopic (exact) mass is 1140 g/mol. The molecule has 0 saturated carbocycles. The average Bonchev–Trinajstić information content (AvgIpc) is 3.96. The van der Waals surface area contributed by atoms with Gasteiger partial charge in [0.2, 0.25) is 20.0 Å². The van der Waals surface area contributed by atoms with E-state index in [-0.39, 0.29) is 73.7 Å². The van der Waals surface area contributed by atoms with Crippen LogP contribution in [0.4, 0.5) is 0 Å². The Morgan fingerprint density at radius 2 is 1.04 bits per heavy atom. The van der Waals surface area contributed by atoms with Gasteiger partial charge in [-0.3, -0.25) is 29.6 Å². The maximum atomic E-state index is 13.6. The molecule has 420 valence electrons. The van der Waals surface area contributed by atoms with Gasteiger partial charge < -0.3 is 29.1 Å². The van der Waals surface area contributed by atoms with E-state index in [0.29, 0.717) is 22.0 Å². The van der Waals surface area contributed by atoms with Crippen LogP contribution in [0.25, 0.3) is 21.5 Å². The zero-order valence-electron chi connectivity index (χ0n) is 45.2. The largest absolute Gasteiger partial charge is 0.469 e. The van der Waals surface area contributed by atoms with Gasteiger partial charge in [0.25, 0.3) is 11.8 Å². The van der Waals surface area contributed by atoms with E-state index in [4.69, 9.17) is 26.5 Å². The molecule has 0 aromatic heterocycles. The fourth-order valence-corrected chi connectivity index (χ4v) is 13.9. The molecule has 4 aliphatic rings. The van der Waals surface area contributed by atoms with Crippen LogP contribution < -0.4 is 0 Å². The van der Waals surface area contributed by atoms with E-state index in [9.17, 15) is 36.0 Å². The van der Waals surface area contributed by atoms with Gasteiger partial charge in [0.1, 0.15) is 11.7 Å². The molecule has 3 fully saturated rings. The molecule has 10 rings (SSSR count). The standard InChI is InChI=1S/C30H33ClN4O5S.C29H32N4O5S/c1-40-28(36)19-26-20-34(41(38,39)27-12-10-23-17-25(31)11-9-24(23)18-27)15-16-35(26)30(37)22-7-5-21(6-8-22)29(32)33-13-3-2-4-14-33;1-20-4-5-24-17-26(11-10-23(24)16-20)39(36,37)32-14-15-33(25(19-32)18-27(34)38-3)29(35)22-8-6-21(7-9-22)28-30-12-13-31(28)2/h5-12,17-18,26,32H,2-4,13-16,19-20H2,1H3;4-11,16-17,25H,12-15,18-19H2,1-3H3. The van der Waals surface area contributed by atoms with E-state index < -0.39 is 44.1 Å². The van der Waals surface area contributed by atoms with Crippen LogP contribution in [-0.4, -0.2) is 179 Å². The van der Waals surface area contributed by atoms with Crippen molar-refractivity contribution in [2.45, 2.75) is 60.9 Å². The van der Waals surface area contributed by atoms with Crippen molar-refractivity contribution in [2.75, 3.05) is 86.7 Å². The van der Waals surface area contributed by atoms with Gasteiger partial charge >= 0.3 is 11.9 Å². The first-order chi connectivity index (χ1) is 38.3. The van der Waals surface area contributed by atoms with Crippen LogP contribution in [0.5, 0.6) is 0 Å². The summed E-state index contributed by atoms with van der Waals surface area (Å²) >= 11 is 6.07. The number of piperazine rings is 2. The number of esters is 2. The van der Waals surface area contributed by atoms with Crippen LogP contribution in [0.1, 0.15) is 69.5 Å². The van der Waals surface area contributed by atoms with Gasteiger partial charge in [0.05, 0.1) is 55.5 Å². The molecule has 21 heteroatoms. The summed E-state index contributed by atoms with van der Waals surface area (Å²) in [5.74, 6) is -0.247. The summed E-state index contributed by atoms with van der Waals surface area (Å²) in [7, 11) is -3.21. The molecular formula is C59H65ClN8O10S2. The molecule has 0 aliphatic carbocycles. The van der Waals surface area contributed by atoms with Gasteiger partial charge in [-0.05, 0) is 108 Å². The SMILES string of the molecule is COC(=O)CC1CN(S(=O)(=O)c2ccc3cc(C)ccc3c2)CCN1C(=O)c1ccc(C2=NCCN2C)cc1.COC(=O)CC1CN(S(=O)(=O)c2ccc3cc(Cl)ccc3c2)CCN1C(=O)c1ccc(C(=N)N2CCCCC2)cc1. The lowest BCUT2D eigenvalue weighted by molar-refractivity contribution is -0.143. The van der Waals surface area contributed by atoms with E-state index in [2.05, 4.69) is 14.8 Å². The molecule has 4 aliphatic heterocycles. The third-order valence-electron chi connectivity index (χ3n) is 15.2. The second-order valence-electron chi connectivity index (χ2n) is 20.4. The minimum Gasteiger partial charge on any atom is -0.469 e. The Hall–Kier alpha value is -7.23.